The van der Waals surface area contributed by atoms with Crippen molar-refractivity contribution in [3.63, 3.8) is 0 Å². The Labute approximate surface area is 199 Å². The van der Waals surface area contributed by atoms with Gasteiger partial charge in [0, 0.05) is 61.0 Å². The van der Waals surface area contributed by atoms with Crippen LogP contribution in [0, 0.1) is 11.3 Å². The van der Waals surface area contributed by atoms with E-state index in [2.05, 4.69) is 33.4 Å². The normalized spacial score (nSPS) is 22.0. The number of hydrogen-bond donors (Lipinski definition) is 1. The summed E-state index contributed by atoms with van der Waals surface area (Å²) >= 11 is 0. The van der Waals surface area contributed by atoms with Gasteiger partial charge in [0.15, 0.2) is 5.82 Å². The van der Waals surface area contributed by atoms with Crippen molar-refractivity contribution in [2.45, 2.75) is 31.7 Å². The summed E-state index contributed by atoms with van der Waals surface area (Å²) in [6, 6.07) is 12.1. The highest BCUT2D eigenvalue weighted by molar-refractivity contribution is 5.90. The zero-order valence-corrected chi connectivity index (χ0v) is 19.2. The van der Waals surface area contributed by atoms with E-state index in [1.54, 1.807) is 12.4 Å². The largest absolute Gasteiger partial charge is 0.381 e. The molecule has 4 heterocycles. The number of para-hydroxylation sites is 1. The second-order valence-electron chi connectivity index (χ2n) is 9.68. The lowest BCUT2D eigenvalue weighted by Gasteiger charge is -2.38. The molecule has 7 nitrogen and oxygen atoms in total. The number of nitrogens with zero attached hydrogens (tertiary/aromatic N) is 4. The van der Waals surface area contributed by atoms with Gasteiger partial charge >= 0.3 is 0 Å². The van der Waals surface area contributed by atoms with Crippen LogP contribution in [0.15, 0.2) is 60.9 Å². The number of ether oxygens (including phenoxy) is 1. The van der Waals surface area contributed by atoms with Gasteiger partial charge in [-0.3, -0.25) is 9.78 Å². The summed E-state index contributed by atoms with van der Waals surface area (Å²) in [5, 5.41) is 4.78. The van der Waals surface area contributed by atoms with Gasteiger partial charge in [-0.15, -0.1) is 0 Å². The Bertz CT molecular complexity index is 1210. The van der Waals surface area contributed by atoms with Crippen LogP contribution in [0.5, 0.6) is 0 Å². The number of hydrogen-bond acceptors (Lipinski definition) is 6. The molecule has 1 spiro atoms. The van der Waals surface area contributed by atoms with Crippen molar-refractivity contribution in [3.05, 3.63) is 60.9 Å². The molecular formula is C27H29N5O2. The molecule has 0 radical (unpaired) electrons. The second-order valence-corrected chi connectivity index (χ2v) is 9.68. The van der Waals surface area contributed by atoms with E-state index in [4.69, 9.17) is 14.7 Å². The second kappa shape index (κ2) is 8.80. The minimum atomic E-state index is -0.0134. The average molecular weight is 456 g/mol. The number of rotatable bonds is 4. The fourth-order valence-corrected chi connectivity index (χ4v) is 5.67. The first-order valence-electron chi connectivity index (χ1n) is 12.2. The number of aromatic nitrogens is 3. The van der Waals surface area contributed by atoms with Crippen molar-refractivity contribution < 1.29 is 9.53 Å². The Morgan fingerprint density at radius 2 is 1.88 bits per heavy atom. The highest BCUT2D eigenvalue weighted by atomic mass is 16.5. The van der Waals surface area contributed by atoms with Crippen molar-refractivity contribution in [2.75, 3.05) is 31.6 Å². The van der Waals surface area contributed by atoms with E-state index in [-0.39, 0.29) is 23.3 Å². The SMILES string of the molecule is O=C(C1CC=CC1)N1CC(Nc2nc(-c3cccnc3)nc3ccccc23)C2(CCOCC2)C1. The van der Waals surface area contributed by atoms with Crippen LogP contribution in [0.25, 0.3) is 22.3 Å². The van der Waals surface area contributed by atoms with Crippen LogP contribution in [0.4, 0.5) is 5.82 Å². The van der Waals surface area contributed by atoms with E-state index in [1.165, 1.54) is 0 Å². The molecule has 1 unspecified atom stereocenters. The lowest BCUT2D eigenvalue weighted by molar-refractivity contribution is -0.134. The maximum Gasteiger partial charge on any atom is 0.226 e. The molecule has 2 aromatic heterocycles. The third-order valence-electron chi connectivity index (χ3n) is 7.64. The number of carbonyl (C=O) groups excluding carboxylic acids is 1. The van der Waals surface area contributed by atoms with Crippen LogP contribution < -0.4 is 5.32 Å². The predicted octanol–water partition coefficient (Wildman–Crippen LogP) is 4.08. The third kappa shape index (κ3) is 3.84. The number of likely N-dealkylation sites (tertiary alicyclic amines) is 1. The number of allylic oxidation sites excluding steroid dienone is 2. The summed E-state index contributed by atoms with van der Waals surface area (Å²) in [5.41, 5.74) is 1.76. The van der Waals surface area contributed by atoms with Gasteiger partial charge in [0.2, 0.25) is 5.91 Å². The molecule has 0 saturated carbocycles. The molecule has 1 amide bonds. The topological polar surface area (TPSA) is 80.2 Å². The van der Waals surface area contributed by atoms with Crippen molar-refractivity contribution in [1.29, 1.82) is 0 Å². The molecule has 2 aliphatic heterocycles. The summed E-state index contributed by atoms with van der Waals surface area (Å²) in [6.07, 6.45) is 11.4. The van der Waals surface area contributed by atoms with Crippen LogP contribution in [0.2, 0.25) is 0 Å². The number of nitrogens with one attached hydrogen (secondary N) is 1. The van der Waals surface area contributed by atoms with Crippen LogP contribution >= 0.6 is 0 Å². The Balaban J connectivity index is 1.35. The highest BCUT2D eigenvalue weighted by Gasteiger charge is 2.49. The molecule has 34 heavy (non-hydrogen) atoms. The monoisotopic (exact) mass is 455 g/mol. The molecule has 2 saturated heterocycles. The molecule has 6 rings (SSSR count). The molecule has 3 aliphatic rings. The first-order chi connectivity index (χ1) is 16.7. The molecule has 0 bridgehead atoms. The predicted molar refractivity (Wildman–Crippen MR) is 131 cm³/mol. The van der Waals surface area contributed by atoms with Crippen LogP contribution in [0.1, 0.15) is 25.7 Å². The van der Waals surface area contributed by atoms with Crippen molar-refractivity contribution in [1.82, 2.24) is 19.9 Å². The molecular weight excluding hydrogens is 426 g/mol. The van der Waals surface area contributed by atoms with Gasteiger partial charge in [0.05, 0.1) is 11.6 Å². The maximum absolute atomic E-state index is 13.3. The summed E-state index contributed by atoms with van der Waals surface area (Å²) < 4.78 is 5.72. The molecule has 2 fully saturated rings. The van der Waals surface area contributed by atoms with Gasteiger partial charge in [0.1, 0.15) is 5.82 Å². The number of amides is 1. The van der Waals surface area contributed by atoms with Gasteiger partial charge in [-0.2, -0.15) is 0 Å². The lowest BCUT2D eigenvalue weighted by Crippen LogP contribution is -2.44. The molecule has 1 atom stereocenters. The zero-order valence-electron chi connectivity index (χ0n) is 19.2. The van der Waals surface area contributed by atoms with Crippen molar-refractivity contribution in [3.8, 4) is 11.4 Å². The summed E-state index contributed by atoms with van der Waals surface area (Å²) in [4.78, 5) is 29.4. The van der Waals surface area contributed by atoms with E-state index in [9.17, 15) is 4.79 Å². The summed E-state index contributed by atoms with van der Waals surface area (Å²) in [6.45, 7) is 2.94. The number of anilines is 1. The third-order valence-corrected chi connectivity index (χ3v) is 7.64. The fourth-order valence-electron chi connectivity index (χ4n) is 5.67. The molecule has 1 aromatic carbocycles. The number of benzene rings is 1. The lowest BCUT2D eigenvalue weighted by atomic mass is 9.76. The van der Waals surface area contributed by atoms with E-state index < -0.39 is 0 Å². The first kappa shape index (κ1) is 21.2. The molecule has 174 valence electrons. The molecule has 3 aromatic rings. The quantitative estimate of drug-likeness (QED) is 0.597. The Morgan fingerprint density at radius 3 is 2.68 bits per heavy atom. The average Bonchev–Trinajstić information content (AvgIpc) is 3.54. The van der Waals surface area contributed by atoms with E-state index in [0.29, 0.717) is 12.4 Å². The van der Waals surface area contributed by atoms with Gasteiger partial charge in [-0.05, 0) is 49.9 Å². The smallest absolute Gasteiger partial charge is 0.226 e. The van der Waals surface area contributed by atoms with E-state index in [1.807, 2.05) is 30.3 Å². The Morgan fingerprint density at radius 1 is 1.06 bits per heavy atom. The number of pyridine rings is 1. The van der Waals surface area contributed by atoms with E-state index >= 15 is 0 Å². The Hall–Kier alpha value is -3.32. The number of carbonyl (C=O) groups is 1. The summed E-state index contributed by atoms with van der Waals surface area (Å²) in [7, 11) is 0. The Kier molecular flexibility index (Phi) is 5.49. The van der Waals surface area contributed by atoms with Crippen LogP contribution in [-0.2, 0) is 9.53 Å². The highest BCUT2D eigenvalue weighted by Crippen LogP contribution is 2.43. The van der Waals surface area contributed by atoms with Crippen molar-refractivity contribution in [2.24, 2.45) is 11.3 Å². The van der Waals surface area contributed by atoms with Crippen molar-refractivity contribution >= 4 is 22.6 Å². The minimum Gasteiger partial charge on any atom is -0.381 e. The van der Waals surface area contributed by atoms with Gasteiger partial charge in [0.25, 0.3) is 0 Å². The standard InChI is InChI=1S/C27H29N5O2/c33-26(19-6-1-2-7-19)32-17-23(27(18-32)11-14-34-15-12-27)30-25-21-9-3-4-10-22(21)29-24(31-25)20-8-5-13-28-16-20/h1-5,8-10,13,16,19,23H,6-7,11-12,14-15,17-18H2,(H,29,30,31). The maximum atomic E-state index is 13.3. The number of fused-ring (bicyclic) bond motifs is 1. The molecule has 1 aliphatic carbocycles. The molecule has 7 heteroatoms. The first-order valence-corrected chi connectivity index (χ1v) is 12.2. The minimum absolute atomic E-state index is 0.0134. The van der Waals surface area contributed by atoms with Crippen LogP contribution in [-0.4, -0.2) is 58.1 Å². The van der Waals surface area contributed by atoms with Gasteiger partial charge in [-0.25, -0.2) is 9.97 Å². The van der Waals surface area contributed by atoms with Gasteiger partial charge in [-0.1, -0.05) is 24.3 Å². The van der Waals surface area contributed by atoms with Gasteiger partial charge < -0.3 is 15.0 Å². The fraction of sp³-hybridized carbons (Fsp3) is 0.407. The van der Waals surface area contributed by atoms with E-state index in [0.717, 1.165) is 67.7 Å². The summed E-state index contributed by atoms with van der Waals surface area (Å²) in [5.74, 6) is 1.84. The van der Waals surface area contributed by atoms with Crippen LogP contribution in [0.3, 0.4) is 0 Å². The molecule has 1 N–H and O–H groups in total. The zero-order chi connectivity index (χ0) is 23.0.